The number of hydrogen-bond acceptors (Lipinski definition) is 4. The van der Waals surface area contributed by atoms with Gasteiger partial charge in [0, 0.05) is 24.5 Å². The minimum atomic E-state index is -3.65. The van der Waals surface area contributed by atoms with Crippen LogP contribution in [0, 0.1) is 3.70 Å². The summed E-state index contributed by atoms with van der Waals surface area (Å²) in [4.78, 5) is 0. The van der Waals surface area contributed by atoms with Crippen LogP contribution in [-0.2, 0) is 10.0 Å². The molecular formula is C12H20IN5O2S. The van der Waals surface area contributed by atoms with Crippen molar-refractivity contribution >= 4 is 32.6 Å². The molecule has 21 heavy (non-hydrogen) atoms. The summed E-state index contributed by atoms with van der Waals surface area (Å²) in [6.45, 7) is 8.03. The third-order valence-electron chi connectivity index (χ3n) is 2.51. The van der Waals surface area contributed by atoms with Gasteiger partial charge in [0.1, 0.15) is 3.70 Å². The Morgan fingerprint density at radius 1 is 1.05 bits per heavy atom. The molecule has 118 valence electrons. The average Bonchev–Trinajstić information content (AvgIpc) is 2.96. The summed E-state index contributed by atoms with van der Waals surface area (Å²) >= 11 is 2.20. The van der Waals surface area contributed by atoms with Crippen molar-refractivity contribution in [1.29, 1.82) is 0 Å². The molecule has 0 aliphatic carbocycles. The molecule has 0 spiro atoms. The molecular weight excluding hydrogens is 405 g/mol. The van der Waals surface area contributed by atoms with E-state index in [0.717, 1.165) is 3.70 Å². The van der Waals surface area contributed by atoms with Gasteiger partial charge in [-0.1, -0.05) is 0 Å². The van der Waals surface area contributed by atoms with Crippen LogP contribution in [0.25, 0.3) is 0 Å². The monoisotopic (exact) mass is 425 g/mol. The number of primary sulfonamides is 1. The summed E-state index contributed by atoms with van der Waals surface area (Å²) in [5, 5.41) is 12.8. The fourth-order valence-electron chi connectivity index (χ4n) is 1.36. The zero-order valence-electron chi connectivity index (χ0n) is 12.4. The highest BCUT2D eigenvalue weighted by atomic mass is 127. The molecule has 7 nitrogen and oxygen atoms in total. The smallest absolute Gasteiger partial charge is 0.257 e. The number of sulfonamides is 1. The topological polar surface area (TPSA) is 95.8 Å². The molecule has 2 heterocycles. The molecule has 0 radical (unpaired) electrons. The Kier molecular flexibility index (Phi) is 6.35. The number of halogens is 1. The summed E-state index contributed by atoms with van der Waals surface area (Å²) in [6.07, 6.45) is 3.58. The van der Waals surface area contributed by atoms with Gasteiger partial charge in [-0.15, -0.1) is 0 Å². The van der Waals surface area contributed by atoms with E-state index >= 15 is 0 Å². The van der Waals surface area contributed by atoms with Gasteiger partial charge in [-0.05, 0) is 62.4 Å². The lowest BCUT2D eigenvalue weighted by molar-refractivity contribution is 0.516. The van der Waals surface area contributed by atoms with Crippen molar-refractivity contribution in [1.82, 2.24) is 19.6 Å². The Morgan fingerprint density at radius 3 is 1.76 bits per heavy atom. The largest absolute Gasteiger partial charge is 0.269 e. The van der Waals surface area contributed by atoms with Crippen molar-refractivity contribution in [2.45, 2.75) is 44.8 Å². The van der Waals surface area contributed by atoms with Crippen LogP contribution in [0.4, 0.5) is 0 Å². The highest BCUT2D eigenvalue weighted by molar-refractivity contribution is 14.1. The molecule has 0 saturated heterocycles. The second-order valence-electron chi connectivity index (χ2n) is 4.98. The SMILES string of the molecule is CC(C)n1ccc(I)n1.CC(C)n1ccc(S(N)(=O)=O)n1. The quantitative estimate of drug-likeness (QED) is 0.763. The van der Waals surface area contributed by atoms with E-state index in [2.05, 4.69) is 46.6 Å². The maximum absolute atomic E-state index is 10.8. The van der Waals surface area contributed by atoms with Gasteiger partial charge in [-0.3, -0.25) is 9.36 Å². The Labute approximate surface area is 138 Å². The summed E-state index contributed by atoms with van der Waals surface area (Å²) in [5.74, 6) is 0. The van der Waals surface area contributed by atoms with Crippen molar-refractivity contribution in [3.8, 4) is 0 Å². The highest BCUT2D eigenvalue weighted by Crippen LogP contribution is 2.07. The lowest BCUT2D eigenvalue weighted by atomic mass is 10.4. The number of aromatic nitrogens is 4. The molecule has 2 rings (SSSR count). The van der Waals surface area contributed by atoms with E-state index in [4.69, 9.17) is 5.14 Å². The van der Waals surface area contributed by atoms with E-state index < -0.39 is 10.0 Å². The van der Waals surface area contributed by atoms with Gasteiger partial charge >= 0.3 is 0 Å². The summed E-state index contributed by atoms with van der Waals surface area (Å²) in [6, 6.07) is 4.00. The molecule has 2 aromatic rings. The molecule has 0 aliphatic heterocycles. The zero-order chi connectivity index (χ0) is 16.2. The number of hydrogen-bond donors (Lipinski definition) is 1. The molecule has 9 heteroatoms. The first-order valence-electron chi connectivity index (χ1n) is 6.40. The van der Waals surface area contributed by atoms with E-state index in [1.54, 1.807) is 10.9 Å². The third kappa shape index (κ3) is 5.75. The number of nitrogens with two attached hydrogens (primary N) is 1. The van der Waals surface area contributed by atoms with E-state index in [0.29, 0.717) is 6.04 Å². The molecule has 0 bridgehead atoms. The van der Waals surface area contributed by atoms with Crippen LogP contribution in [0.5, 0.6) is 0 Å². The Hall–Kier alpha value is -0.940. The molecule has 0 aromatic carbocycles. The van der Waals surface area contributed by atoms with E-state index in [1.165, 1.54) is 6.07 Å². The maximum atomic E-state index is 10.8. The van der Waals surface area contributed by atoms with Crippen LogP contribution in [0.2, 0.25) is 0 Å². The van der Waals surface area contributed by atoms with E-state index in [1.807, 2.05) is 30.8 Å². The van der Waals surface area contributed by atoms with Crippen molar-refractivity contribution in [2.75, 3.05) is 0 Å². The van der Waals surface area contributed by atoms with Crippen LogP contribution in [0.1, 0.15) is 39.8 Å². The van der Waals surface area contributed by atoms with Gasteiger partial charge in [-0.2, -0.15) is 10.2 Å². The predicted octanol–water partition coefficient (Wildman–Crippen LogP) is 2.18. The fourth-order valence-corrected chi connectivity index (χ4v) is 2.23. The molecule has 0 atom stereocenters. The average molecular weight is 425 g/mol. The second-order valence-corrected chi connectivity index (χ2v) is 7.60. The minimum absolute atomic E-state index is 0.0869. The molecule has 0 unspecified atom stereocenters. The van der Waals surface area contributed by atoms with Crippen LogP contribution in [-0.4, -0.2) is 28.0 Å². The van der Waals surface area contributed by atoms with Gasteiger partial charge in [-0.25, -0.2) is 13.6 Å². The first-order valence-corrected chi connectivity index (χ1v) is 9.02. The standard InChI is InChI=1S/C6H9IN2.C6H11N3O2S/c1-5(2)9-4-3-6(7)8-9;1-5(2)9-4-3-6(8-9)12(7,10)11/h3-5H,1-2H3;3-5H,1-2H3,(H2,7,10,11). The first kappa shape index (κ1) is 18.1. The lowest BCUT2D eigenvalue weighted by Crippen LogP contribution is -2.13. The second kappa shape index (κ2) is 7.36. The highest BCUT2D eigenvalue weighted by Gasteiger charge is 2.11. The van der Waals surface area contributed by atoms with Crippen LogP contribution < -0.4 is 5.14 Å². The van der Waals surface area contributed by atoms with Crippen molar-refractivity contribution < 1.29 is 8.42 Å². The Balaban J connectivity index is 0.000000219. The van der Waals surface area contributed by atoms with Crippen LogP contribution >= 0.6 is 22.6 Å². The number of rotatable bonds is 3. The minimum Gasteiger partial charge on any atom is -0.269 e. The molecule has 0 fully saturated rings. The summed E-state index contributed by atoms with van der Waals surface area (Å²) in [5.41, 5.74) is 0. The third-order valence-corrected chi connectivity index (χ3v) is 3.89. The Bertz CT molecular complexity index is 675. The molecule has 2 N–H and O–H groups in total. The normalized spacial score (nSPS) is 11.6. The summed E-state index contributed by atoms with van der Waals surface area (Å²) < 4.78 is 26.1. The van der Waals surface area contributed by atoms with Crippen LogP contribution in [0.3, 0.4) is 0 Å². The summed E-state index contributed by atoms with van der Waals surface area (Å²) in [7, 11) is -3.65. The fraction of sp³-hybridized carbons (Fsp3) is 0.500. The van der Waals surface area contributed by atoms with Gasteiger partial charge < -0.3 is 0 Å². The zero-order valence-corrected chi connectivity index (χ0v) is 15.4. The van der Waals surface area contributed by atoms with Gasteiger partial charge in [0.25, 0.3) is 10.0 Å². The van der Waals surface area contributed by atoms with E-state index in [-0.39, 0.29) is 11.1 Å². The van der Waals surface area contributed by atoms with Crippen molar-refractivity contribution in [3.63, 3.8) is 0 Å². The van der Waals surface area contributed by atoms with E-state index in [9.17, 15) is 8.42 Å². The molecule has 0 aliphatic rings. The molecule has 0 saturated carbocycles. The predicted molar refractivity (Wildman–Crippen MR) is 89.3 cm³/mol. The van der Waals surface area contributed by atoms with Crippen molar-refractivity contribution in [3.05, 3.63) is 28.2 Å². The molecule has 2 aromatic heterocycles. The van der Waals surface area contributed by atoms with Gasteiger partial charge in [0.15, 0.2) is 5.03 Å². The van der Waals surface area contributed by atoms with Gasteiger partial charge in [0.2, 0.25) is 0 Å². The number of nitrogens with zero attached hydrogens (tertiary/aromatic N) is 4. The van der Waals surface area contributed by atoms with Gasteiger partial charge in [0.05, 0.1) is 0 Å². The molecule has 0 amide bonds. The van der Waals surface area contributed by atoms with Crippen LogP contribution in [0.15, 0.2) is 29.6 Å². The lowest BCUT2D eigenvalue weighted by Gasteiger charge is -2.02. The first-order chi connectivity index (χ1) is 9.61. The Morgan fingerprint density at radius 2 is 1.52 bits per heavy atom. The van der Waals surface area contributed by atoms with Crippen molar-refractivity contribution in [2.24, 2.45) is 5.14 Å². The maximum Gasteiger partial charge on any atom is 0.257 e.